The maximum Gasteiger partial charge on any atom is 0.256 e. The van der Waals surface area contributed by atoms with Crippen molar-refractivity contribution in [1.29, 1.82) is 0 Å². The lowest BCUT2D eigenvalue weighted by Crippen LogP contribution is -2.63. The van der Waals surface area contributed by atoms with E-state index in [1.807, 2.05) is 0 Å². The molecule has 17 heavy (non-hydrogen) atoms. The summed E-state index contributed by atoms with van der Waals surface area (Å²) in [5, 5.41) is 6.45. The van der Waals surface area contributed by atoms with Crippen LogP contribution in [0.5, 0.6) is 0 Å². The van der Waals surface area contributed by atoms with E-state index in [0.717, 1.165) is 12.1 Å². The standard InChI is InChI=1S/C12H21N5/c1-8(2)7-17-9(3)5-11(10(17)4)6-15-16-12(13)14/h5-6,8H,7H2,1-4H3,(H4,13,14,16)/p+1/b15-6+. The maximum atomic E-state index is 5.24. The fourth-order valence-corrected chi connectivity index (χ4v) is 1.80. The van der Waals surface area contributed by atoms with Crippen LogP contribution < -0.4 is 16.6 Å². The number of nitrogens with zero attached hydrogens (tertiary/aromatic N) is 2. The number of guanidine groups is 1. The lowest BCUT2D eigenvalue weighted by atomic mass is 10.2. The maximum absolute atomic E-state index is 5.24. The zero-order valence-corrected chi connectivity index (χ0v) is 11.0. The molecule has 5 heteroatoms. The van der Waals surface area contributed by atoms with Gasteiger partial charge < -0.3 is 16.0 Å². The number of nitrogens with two attached hydrogens (primary N) is 2. The van der Waals surface area contributed by atoms with E-state index in [1.54, 1.807) is 6.21 Å². The lowest BCUT2D eigenvalue weighted by Gasteiger charge is -2.11. The normalized spacial score (nSPS) is 11.4. The third-order valence-corrected chi connectivity index (χ3v) is 2.57. The molecule has 0 radical (unpaired) electrons. The minimum absolute atomic E-state index is 0.0252. The predicted molar refractivity (Wildman–Crippen MR) is 70.7 cm³/mol. The molecule has 5 nitrogen and oxygen atoms in total. The number of aromatic nitrogens is 1. The average Bonchev–Trinajstić information content (AvgIpc) is 2.45. The van der Waals surface area contributed by atoms with Crippen molar-refractivity contribution in [1.82, 2.24) is 4.57 Å². The van der Waals surface area contributed by atoms with Crippen LogP contribution in [0.2, 0.25) is 0 Å². The van der Waals surface area contributed by atoms with Crippen LogP contribution in [0.4, 0.5) is 0 Å². The number of hydrogen-bond donors (Lipinski definition) is 3. The molecule has 0 amide bonds. The van der Waals surface area contributed by atoms with Gasteiger partial charge in [0.1, 0.15) is 0 Å². The molecule has 94 valence electrons. The molecular weight excluding hydrogens is 214 g/mol. The number of rotatable bonds is 4. The summed E-state index contributed by atoms with van der Waals surface area (Å²) in [4.78, 5) is 0. The Balaban J connectivity index is 2.96. The third kappa shape index (κ3) is 3.62. The average molecular weight is 236 g/mol. The molecule has 0 aliphatic carbocycles. The van der Waals surface area contributed by atoms with Gasteiger partial charge in [0, 0.05) is 23.0 Å². The van der Waals surface area contributed by atoms with Gasteiger partial charge in [0.15, 0.2) is 0 Å². The Morgan fingerprint density at radius 3 is 2.65 bits per heavy atom. The Hall–Kier alpha value is -1.78. The van der Waals surface area contributed by atoms with Gasteiger partial charge in [0.2, 0.25) is 6.21 Å². The van der Waals surface area contributed by atoms with E-state index in [9.17, 15) is 0 Å². The molecule has 0 unspecified atom stereocenters. The summed E-state index contributed by atoms with van der Waals surface area (Å²) in [5.74, 6) is 0.649. The summed E-state index contributed by atoms with van der Waals surface area (Å²) < 4.78 is 2.30. The molecule has 0 aromatic carbocycles. The second kappa shape index (κ2) is 5.52. The highest BCUT2D eigenvalue weighted by atomic mass is 15.3. The van der Waals surface area contributed by atoms with E-state index in [-0.39, 0.29) is 5.96 Å². The Bertz CT molecular complexity index is 436. The van der Waals surface area contributed by atoms with Gasteiger partial charge in [-0.3, -0.25) is 0 Å². The molecule has 1 rings (SSSR count). The molecule has 0 saturated heterocycles. The van der Waals surface area contributed by atoms with Gasteiger partial charge >= 0.3 is 0 Å². The van der Waals surface area contributed by atoms with E-state index in [0.29, 0.717) is 5.92 Å². The summed E-state index contributed by atoms with van der Waals surface area (Å²) in [5.41, 5.74) is 14.0. The van der Waals surface area contributed by atoms with Crippen molar-refractivity contribution in [3.63, 3.8) is 0 Å². The van der Waals surface area contributed by atoms with Crippen molar-refractivity contribution in [3.05, 3.63) is 23.0 Å². The Kier molecular flexibility index (Phi) is 4.31. The van der Waals surface area contributed by atoms with Crippen LogP contribution in [0.1, 0.15) is 30.8 Å². The molecule has 0 atom stereocenters. The van der Waals surface area contributed by atoms with E-state index in [1.165, 1.54) is 11.4 Å². The second-order valence-corrected chi connectivity index (χ2v) is 4.64. The fourth-order valence-electron chi connectivity index (χ4n) is 1.80. The van der Waals surface area contributed by atoms with Crippen LogP contribution in [-0.2, 0) is 6.54 Å². The Labute approximate surface area is 102 Å². The molecule has 0 bridgehead atoms. The van der Waals surface area contributed by atoms with E-state index >= 15 is 0 Å². The number of hydrazone groups is 1. The molecule has 0 fully saturated rings. The van der Waals surface area contributed by atoms with Gasteiger partial charge in [0.25, 0.3) is 5.96 Å². The number of nitrogens with one attached hydrogen (secondary N) is 1. The molecule has 0 saturated carbocycles. The third-order valence-electron chi connectivity index (χ3n) is 2.57. The number of hydrogen-bond acceptors (Lipinski definition) is 1. The second-order valence-electron chi connectivity index (χ2n) is 4.64. The van der Waals surface area contributed by atoms with E-state index in [2.05, 4.69) is 48.5 Å². The van der Waals surface area contributed by atoms with Gasteiger partial charge in [-0.2, -0.15) is 0 Å². The monoisotopic (exact) mass is 236 g/mol. The first kappa shape index (κ1) is 13.3. The van der Waals surface area contributed by atoms with Gasteiger partial charge in [-0.05, 0) is 25.8 Å². The molecule has 1 heterocycles. The van der Waals surface area contributed by atoms with Gasteiger partial charge in [-0.15, -0.1) is 5.10 Å². The van der Waals surface area contributed by atoms with Crippen LogP contribution in [0.3, 0.4) is 0 Å². The highest BCUT2D eigenvalue weighted by Gasteiger charge is 2.10. The summed E-state index contributed by atoms with van der Waals surface area (Å²) in [7, 11) is 0. The highest BCUT2D eigenvalue weighted by molar-refractivity contribution is 5.78. The largest absolute Gasteiger partial charge is 0.365 e. The van der Waals surface area contributed by atoms with Crippen molar-refractivity contribution in [2.75, 3.05) is 0 Å². The first-order valence-corrected chi connectivity index (χ1v) is 5.76. The van der Waals surface area contributed by atoms with Gasteiger partial charge in [-0.1, -0.05) is 13.8 Å². The smallest absolute Gasteiger partial charge is 0.256 e. The van der Waals surface area contributed by atoms with Crippen LogP contribution in [0, 0.1) is 19.8 Å². The molecule has 1 aromatic heterocycles. The summed E-state index contributed by atoms with van der Waals surface area (Å²) in [6.07, 6.45) is 1.80. The first-order chi connectivity index (χ1) is 7.91. The summed E-state index contributed by atoms with van der Waals surface area (Å²) in [6.45, 7) is 9.64. The fraction of sp³-hybridized carbons (Fsp3) is 0.500. The lowest BCUT2D eigenvalue weighted by molar-refractivity contribution is -0.456. The Morgan fingerprint density at radius 1 is 1.47 bits per heavy atom. The van der Waals surface area contributed by atoms with Gasteiger partial charge in [-0.25, -0.2) is 0 Å². The SMILES string of the molecule is Cc1cc(/C=[NH+]/N=C(N)N)c(C)n1CC(C)C. The zero-order valence-electron chi connectivity index (χ0n) is 11.0. The molecule has 0 aliphatic heterocycles. The zero-order chi connectivity index (χ0) is 13.0. The van der Waals surface area contributed by atoms with Crippen LogP contribution in [-0.4, -0.2) is 16.7 Å². The quantitative estimate of drug-likeness (QED) is 0.372. The van der Waals surface area contributed by atoms with Crippen molar-refractivity contribution >= 4 is 12.2 Å². The molecule has 0 spiro atoms. The summed E-state index contributed by atoms with van der Waals surface area (Å²) >= 11 is 0. The van der Waals surface area contributed by atoms with Crippen LogP contribution in [0.15, 0.2) is 11.2 Å². The predicted octanol–water partition coefficient (Wildman–Crippen LogP) is -0.551. The number of aryl methyl sites for hydroxylation is 1. The Morgan fingerprint density at radius 2 is 2.12 bits per heavy atom. The van der Waals surface area contributed by atoms with E-state index in [4.69, 9.17) is 11.5 Å². The van der Waals surface area contributed by atoms with E-state index < -0.39 is 0 Å². The minimum Gasteiger partial charge on any atom is -0.365 e. The van der Waals surface area contributed by atoms with Crippen molar-refractivity contribution in [2.45, 2.75) is 34.2 Å². The topological polar surface area (TPSA) is 83.3 Å². The van der Waals surface area contributed by atoms with Crippen molar-refractivity contribution in [3.8, 4) is 0 Å². The molecular formula is C12H22N5+. The summed E-state index contributed by atoms with van der Waals surface area (Å²) in [6, 6.07) is 2.12. The van der Waals surface area contributed by atoms with Crippen molar-refractivity contribution < 1.29 is 5.10 Å². The minimum atomic E-state index is 0.0252. The highest BCUT2D eigenvalue weighted by Crippen LogP contribution is 2.14. The first-order valence-electron chi connectivity index (χ1n) is 5.76. The van der Waals surface area contributed by atoms with Crippen LogP contribution in [0.25, 0.3) is 0 Å². The van der Waals surface area contributed by atoms with Gasteiger partial charge in [0.05, 0.1) is 5.56 Å². The molecule has 5 N–H and O–H groups in total. The van der Waals surface area contributed by atoms with Crippen molar-refractivity contribution in [2.24, 2.45) is 22.5 Å². The van der Waals surface area contributed by atoms with Crippen LogP contribution >= 0.6 is 0 Å². The molecule has 1 aromatic rings. The molecule has 0 aliphatic rings.